The molecule has 2 N–H and O–H groups in total. The first-order chi connectivity index (χ1) is 7.20. The molecule has 0 spiro atoms. The number of rotatable bonds is 5. The Hall–Kier alpha value is -0.870. The summed E-state index contributed by atoms with van der Waals surface area (Å²) >= 11 is 0. The molecule has 2 atom stereocenters. The highest BCUT2D eigenvalue weighted by molar-refractivity contribution is 5.81. The highest BCUT2D eigenvalue weighted by atomic mass is 16.3. The van der Waals surface area contributed by atoms with Gasteiger partial charge < -0.3 is 10.4 Å². The van der Waals surface area contributed by atoms with E-state index in [1.165, 1.54) is 0 Å². The van der Waals surface area contributed by atoms with Crippen LogP contribution in [0.4, 0.5) is 0 Å². The highest BCUT2D eigenvalue weighted by Gasteiger charge is 2.31. The number of aliphatic hydroxyl groups is 1. The van der Waals surface area contributed by atoms with Gasteiger partial charge >= 0.3 is 0 Å². The maximum absolute atomic E-state index is 11.7. The van der Waals surface area contributed by atoms with Crippen molar-refractivity contribution in [3.05, 3.63) is 12.7 Å². The zero-order chi connectivity index (χ0) is 11.3. The van der Waals surface area contributed by atoms with E-state index in [0.717, 1.165) is 19.4 Å². The minimum absolute atomic E-state index is 0.00949. The fraction of sp³-hybridized carbons (Fsp3) is 0.727. The summed E-state index contributed by atoms with van der Waals surface area (Å²) in [5.41, 5.74) is 0. The van der Waals surface area contributed by atoms with Crippen LogP contribution in [0.15, 0.2) is 12.7 Å². The lowest BCUT2D eigenvalue weighted by Crippen LogP contribution is -2.48. The molecule has 0 aromatic heterocycles. The molecule has 1 aliphatic heterocycles. The zero-order valence-electron chi connectivity index (χ0n) is 9.28. The fourth-order valence-corrected chi connectivity index (χ4v) is 2.03. The molecule has 1 aliphatic rings. The largest absolute Gasteiger partial charge is 0.395 e. The topological polar surface area (TPSA) is 52.6 Å². The lowest BCUT2D eigenvalue weighted by atomic mass is 10.2. The molecule has 0 aromatic rings. The summed E-state index contributed by atoms with van der Waals surface area (Å²) in [6.45, 7) is 6.97. The van der Waals surface area contributed by atoms with Crippen LogP contribution in [-0.2, 0) is 4.79 Å². The van der Waals surface area contributed by atoms with Gasteiger partial charge in [-0.05, 0) is 26.3 Å². The van der Waals surface area contributed by atoms with E-state index in [0.29, 0.717) is 6.54 Å². The fourth-order valence-electron chi connectivity index (χ4n) is 2.03. The standard InChI is InChI=1S/C11H20N2O2/c1-3-6-12-11(15)9(2)13-7-4-5-10(13)8-14/h3,9-10,14H,1,4-8H2,2H3,(H,12,15)/t9?,10-/m1/s1. The van der Waals surface area contributed by atoms with Crippen LogP contribution in [0.1, 0.15) is 19.8 Å². The Kier molecular flexibility index (Phi) is 4.78. The van der Waals surface area contributed by atoms with Gasteiger partial charge in [0.1, 0.15) is 0 Å². The van der Waals surface area contributed by atoms with Crippen LogP contribution in [0, 0.1) is 0 Å². The molecular formula is C11H20N2O2. The normalized spacial score (nSPS) is 23.7. The predicted octanol–water partition coefficient (Wildman–Crippen LogP) is 0.134. The van der Waals surface area contributed by atoms with Gasteiger partial charge in [-0.15, -0.1) is 6.58 Å². The number of carbonyl (C=O) groups excluding carboxylic acids is 1. The Morgan fingerprint density at radius 2 is 2.53 bits per heavy atom. The van der Waals surface area contributed by atoms with Crippen LogP contribution in [-0.4, -0.2) is 47.7 Å². The summed E-state index contributed by atoms with van der Waals surface area (Å²) in [5.74, 6) is 0.00949. The van der Waals surface area contributed by atoms with Gasteiger partial charge in [0.15, 0.2) is 0 Å². The number of likely N-dealkylation sites (tertiary alicyclic amines) is 1. The number of hydrogen-bond donors (Lipinski definition) is 2. The summed E-state index contributed by atoms with van der Waals surface area (Å²) in [7, 11) is 0. The Morgan fingerprint density at radius 1 is 1.80 bits per heavy atom. The summed E-state index contributed by atoms with van der Waals surface area (Å²) < 4.78 is 0. The van der Waals surface area contributed by atoms with E-state index in [4.69, 9.17) is 5.11 Å². The summed E-state index contributed by atoms with van der Waals surface area (Å²) in [6, 6.07) is -0.0147. The van der Waals surface area contributed by atoms with Crippen molar-refractivity contribution in [2.75, 3.05) is 19.7 Å². The van der Waals surface area contributed by atoms with Gasteiger partial charge in [0.25, 0.3) is 0 Å². The Morgan fingerprint density at radius 3 is 3.13 bits per heavy atom. The van der Waals surface area contributed by atoms with Crippen molar-refractivity contribution < 1.29 is 9.90 Å². The van der Waals surface area contributed by atoms with Crippen molar-refractivity contribution in [2.24, 2.45) is 0 Å². The van der Waals surface area contributed by atoms with Crippen LogP contribution in [0.25, 0.3) is 0 Å². The average molecular weight is 212 g/mol. The third kappa shape index (κ3) is 3.04. The molecule has 1 unspecified atom stereocenters. The first-order valence-electron chi connectivity index (χ1n) is 5.46. The molecule has 15 heavy (non-hydrogen) atoms. The first kappa shape index (κ1) is 12.2. The summed E-state index contributed by atoms with van der Waals surface area (Å²) in [4.78, 5) is 13.7. The third-order valence-corrected chi connectivity index (χ3v) is 2.93. The lowest BCUT2D eigenvalue weighted by Gasteiger charge is -2.28. The summed E-state index contributed by atoms with van der Waals surface area (Å²) in [6.07, 6.45) is 3.71. The molecular weight excluding hydrogens is 192 g/mol. The molecule has 0 aromatic carbocycles. The second-order valence-electron chi connectivity index (χ2n) is 3.93. The van der Waals surface area contributed by atoms with Gasteiger partial charge in [-0.25, -0.2) is 0 Å². The molecule has 4 nitrogen and oxygen atoms in total. The maximum Gasteiger partial charge on any atom is 0.237 e. The van der Waals surface area contributed by atoms with Crippen molar-refractivity contribution in [1.82, 2.24) is 10.2 Å². The highest BCUT2D eigenvalue weighted by Crippen LogP contribution is 2.19. The zero-order valence-corrected chi connectivity index (χ0v) is 9.28. The van der Waals surface area contributed by atoms with Gasteiger partial charge in [-0.1, -0.05) is 6.08 Å². The SMILES string of the molecule is C=CCNC(=O)C(C)N1CCC[C@@H]1CO. The molecule has 0 aliphatic carbocycles. The van der Waals surface area contributed by atoms with Gasteiger partial charge in [0, 0.05) is 12.6 Å². The lowest BCUT2D eigenvalue weighted by molar-refractivity contribution is -0.126. The minimum Gasteiger partial charge on any atom is -0.395 e. The summed E-state index contributed by atoms with van der Waals surface area (Å²) in [5, 5.41) is 11.9. The quantitative estimate of drug-likeness (QED) is 0.637. The van der Waals surface area contributed by atoms with Crippen molar-refractivity contribution in [1.29, 1.82) is 0 Å². The van der Waals surface area contributed by atoms with Crippen LogP contribution in [0.5, 0.6) is 0 Å². The molecule has 0 radical (unpaired) electrons. The van der Waals surface area contributed by atoms with Crippen molar-refractivity contribution in [2.45, 2.75) is 31.8 Å². The molecule has 86 valence electrons. The first-order valence-corrected chi connectivity index (χ1v) is 5.46. The molecule has 1 amide bonds. The second kappa shape index (κ2) is 5.88. The Labute approximate surface area is 91.0 Å². The predicted molar refractivity (Wildman–Crippen MR) is 59.5 cm³/mol. The number of amides is 1. The van der Waals surface area contributed by atoms with E-state index < -0.39 is 0 Å². The van der Waals surface area contributed by atoms with E-state index in [2.05, 4.69) is 16.8 Å². The second-order valence-corrected chi connectivity index (χ2v) is 3.93. The van der Waals surface area contributed by atoms with E-state index in [1.807, 2.05) is 6.92 Å². The Balaban J connectivity index is 2.47. The van der Waals surface area contributed by atoms with E-state index in [-0.39, 0.29) is 24.6 Å². The van der Waals surface area contributed by atoms with Crippen molar-refractivity contribution >= 4 is 5.91 Å². The molecule has 0 saturated carbocycles. The van der Waals surface area contributed by atoms with Crippen molar-refractivity contribution in [3.8, 4) is 0 Å². The molecule has 0 bridgehead atoms. The van der Waals surface area contributed by atoms with Crippen LogP contribution in [0.3, 0.4) is 0 Å². The number of carbonyl (C=O) groups is 1. The maximum atomic E-state index is 11.7. The number of nitrogens with zero attached hydrogens (tertiary/aromatic N) is 1. The number of hydrogen-bond acceptors (Lipinski definition) is 3. The van der Waals surface area contributed by atoms with Crippen molar-refractivity contribution in [3.63, 3.8) is 0 Å². The van der Waals surface area contributed by atoms with E-state index in [9.17, 15) is 4.79 Å². The molecule has 1 heterocycles. The van der Waals surface area contributed by atoms with Crippen LogP contribution in [0.2, 0.25) is 0 Å². The van der Waals surface area contributed by atoms with E-state index >= 15 is 0 Å². The molecule has 1 fully saturated rings. The van der Waals surface area contributed by atoms with Crippen LogP contribution < -0.4 is 5.32 Å². The molecule has 4 heteroatoms. The minimum atomic E-state index is -0.162. The average Bonchev–Trinajstić information content (AvgIpc) is 2.72. The molecule has 1 rings (SSSR count). The molecule has 1 saturated heterocycles. The van der Waals surface area contributed by atoms with Crippen LogP contribution >= 0.6 is 0 Å². The smallest absolute Gasteiger partial charge is 0.237 e. The van der Waals surface area contributed by atoms with E-state index in [1.54, 1.807) is 6.08 Å². The van der Waals surface area contributed by atoms with Gasteiger partial charge in [0.2, 0.25) is 5.91 Å². The van der Waals surface area contributed by atoms with Gasteiger partial charge in [0.05, 0.1) is 12.6 Å². The Bertz CT molecular complexity index is 231. The van der Waals surface area contributed by atoms with Gasteiger partial charge in [-0.2, -0.15) is 0 Å². The van der Waals surface area contributed by atoms with Gasteiger partial charge in [-0.3, -0.25) is 9.69 Å². The third-order valence-electron chi connectivity index (χ3n) is 2.93. The number of aliphatic hydroxyl groups excluding tert-OH is 1. The monoisotopic (exact) mass is 212 g/mol. The number of nitrogens with one attached hydrogen (secondary N) is 1.